The van der Waals surface area contributed by atoms with Crippen molar-refractivity contribution in [2.45, 2.75) is 19.4 Å². The summed E-state index contributed by atoms with van der Waals surface area (Å²) in [7, 11) is -1.34. The van der Waals surface area contributed by atoms with Crippen LogP contribution < -0.4 is 10.1 Å². The number of methoxy groups -OCH3 is 1. The molecule has 0 aliphatic carbocycles. The average molecular weight is 350 g/mol. The summed E-state index contributed by atoms with van der Waals surface area (Å²) < 4.78 is 28.8. The summed E-state index contributed by atoms with van der Waals surface area (Å²) in [5, 5.41) is 3.31. The molecule has 1 atom stereocenters. The quantitative estimate of drug-likeness (QED) is 0.821. The van der Waals surface area contributed by atoms with Crippen LogP contribution in [0.4, 0.5) is 0 Å². The van der Waals surface area contributed by atoms with E-state index in [-0.39, 0.29) is 11.8 Å². The van der Waals surface area contributed by atoms with E-state index in [1.807, 2.05) is 25.1 Å². The van der Waals surface area contributed by atoms with Crippen molar-refractivity contribution in [1.82, 2.24) is 5.32 Å². The van der Waals surface area contributed by atoms with Gasteiger partial charge in [-0.1, -0.05) is 22.9 Å². The van der Waals surface area contributed by atoms with Gasteiger partial charge in [0.25, 0.3) is 0 Å². The fourth-order valence-corrected chi connectivity index (χ4v) is 3.05. The molecule has 0 saturated carbocycles. The van der Waals surface area contributed by atoms with Crippen LogP contribution in [-0.2, 0) is 9.84 Å². The molecule has 0 heterocycles. The molecule has 0 saturated heterocycles. The number of rotatable bonds is 7. The summed E-state index contributed by atoms with van der Waals surface area (Å²) in [6.07, 6.45) is 1.80. The molecule has 0 amide bonds. The Morgan fingerprint density at radius 2 is 2.11 bits per heavy atom. The third kappa shape index (κ3) is 5.50. The fourth-order valence-electron chi connectivity index (χ4n) is 1.86. The van der Waals surface area contributed by atoms with E-state index in [1.54, 1.807) is 7.11 Å². The summed E-state index contributed by atoms with van der Waals surface area (Å²) in [6, 6.07) is 5.70. The minimum absolute atomic E-state index is 0.0100. The van der Waals surface area contributed by atoms with Crippen LogP contribution in [-0.4, -0.2) is 34.1 Å². The summed E-state index contributed by atoms with van der Waals surface area (Å²) in [6.45, 7) is 2.78. The first-order valence-corrected chi connectivity index (χ1v) is 8.97. The Kier molecular flexibility index (Phi) is 6.29. The molecule has 0 fully saturated rings. The van der Waals surface area contributed by atoms with Crippen LogP contribution in [0.5, 0.6) is 5.75 Å². The van der Waals surface area contributed by atoms with Gasteiger partial charge in [0.2, 0.25) is 0 Å². The van der Waals surface area contributed by atoms with Gasteiger partial charge in [0.15, 0.2) is 0 Å². The van der Waals surface area contributed by atoms with Crippen molar-refractivity contribution >= 4 is 25.8 Å². The van der Waals surface area contributed by atoms with Crippen LogP contribution in [0.2, 0.25) is 0 Å². The Bertz CT molecular complexity index is 517. The topological polar surface area (TPSA) is 55.4 Å². The number of benzene rings is 1. The fraction of sp³-hybridized carbons (Fsp3) is 0.538. The lowest BCUT2D eigenvalue weighted by Crippen LogP contribution is -2.23. The first-order chi connectivity index (χ1) is 8.87. The van der Waals surface area contributed by atoms with E-state index in [0.717, 1.165) is 22.3 Å². The molecule has 1 aromatic rings. The molecular formula is C13H20BrNO3S. The van der Waals surface area contributed by atoms with Crippen molar-refractivity contribution in [2.24, 2.45) is 0 Å². The number of ether oxygens (including phenoxy) is 1. The lowest BCUT2D eigenvalue weighted by Gasteiger charge is -2.20. The number of nitrogens with one attached hydrogen (secondary N) is 1. The molecule has 0 spiro atoms. The Morgan fingerprint density at radius 3 is 2.63 bits per heavy atom. The standard InChI is InChI=1S/C13H20BrNO3S/c1-4-15-13(7-8-19(3,16)17)11-9-10(18-2)5-6-12(11)14/h5-6,9,13,15H,4,7-8H2,1-3H3. The van der Waals surface area contributed by atoms with Gasteiger partial charge in [-0.25, -0.2) is 8.42 Å². The molecule has 1 aromatic carbocycles. The zero-order chi connectivity index (χ0) is 14.5. The number of sulfone groups is 1. The normalized spacial score (nSPS) is 13.3. The van der Waals surface area contributed by atoms with Crippen molar-refractivity contribution in [3.05, 3.63) is 28.2 Å². The molecule has 108 valence electrons. The molecule has 0 aromatic heterocycles. The van der Waals surface area contributed by atoms with Crippen molar-refractivity contribution in [1.29, 1.82) is 0 Å². The van der Waals surface area contributed by atoms with Gasteiger partial charge in [0.1, 0.15) is 15.6 Å². The zero-order valence-electron chi connectivity index (χ0n) is 11.4. The van der Waals surface area contributed by atoms with Gasteiger partial charge >= 0.3 is 0 Å². The molecule has 0 radical (unpaired) electrons. The maximum atomic E-state index is 11.3. The van der Waals surface area contributed by atoms with E-state index in [4.69, 9.17) is 4.74 Å². The van der Waals surface area contributed by atoms with Gasteiger partial charge in [-0.2, -0.15) is 0 Å². The van der Waals surface area contributed by atoms with E-state index in [2.05, 4.69) is 21.2 Å². The smallest absolute Gasteiger partial charge is 0.147 e. The molecule has 1 N–H and O–H groups in total. The van der Waals surface area contributed by atoms with Gasteiger partial charge in [-0.05, 0) is 36.7 Å². The zero-order valence-corrected chi connectivity index (χ0v) is 13.8. The van der Waals surface area contributed by atoms with Crippen LogP contribution >= 0.6 is 15.9 Å². The van der Waals surface area contributed by atoms with Crippen molar-refractivity contribution in [3.8, 4) is 5.75 Å². The number of hydrogen-bond acceptors (Lipinski definition) is 4. The van der Waals surface area contributed by atoms with E-state index in [0.29, 0.717) is 6.42 Å². The maximum Gasteiger partial charge on any atom is 0.147 e. The molecule has 6 heteroatoms. The van der Waals surface area contributed by atoms with E-state index < -0.39 is 9.84 Å². The number of halogens is 1. The van der Waals surface area contributed by atoms with Crippen molar-refractivity contribution < 1.29 is 13.2 Å². The minimum atomic E-state index is -2.96. The molecule has 19 heavy (non-hydrogen) atoms. The van der Waals surface area contributed by atoms with Crippen LogP contribution in [0.3, 0.4) is 0 Å². The lowest BCUT2D eigenvalue weighted by molar-refractivity contribution is 0.412. The highest BCUT2D eigenvalue weighted by molar-refractivity contribution is 9.10. The van der Waals surface area contributed by atoms with Gasteiger partial charge in [-0.15, -0.1) is 0 Å². The lowest BCUT2D eigenvalue weighted by atomic mass is 10.0. The molecule has 0 aliphatic heterocycles. The molecular weight excluding hydrogens is 330 g/mol. The Labute approximate surface area is 123 Å². The monoisotopic (exact) mass is 349 g/mol. The second kappa shape index (κ2) is 7.26. The highest BCUT2D eigenvalue weighted by Crippen LogP contribution is 2.29. The third-order valence-electron chi connectivity index (χ3n) is 2.81. The molecule has 1 rings (SSSR count). The van der Waals surface area contributed by atoms with Gasteiger partial charge in [0.05, 0.1) is 12.9 Å². The summed E-state index contributed by atoms with van der Waals surface area (Å²) in [5.41, 5.74) is 1.02. The maximum absolute atomic E-state index is 11.3. The second-order valence-electron chi connectivity index (χ2n) is 4.42. The van der Waals surface area contributed by atoms with Crippen LogP contribution in [0, 0.1) is 0 Å². The van der Waals surface area contributed by atoms with Gasteiger partial charge < -0.3 is 10.1 Å². The number of hydrogen-bond donors (Lipinski definition) is 1. The summed E-state index contributed by atoms with van der Waals surface area (Å²) in [4.78, 5) is 0. The Balaban J connectivity index is 2.97. The van der Waals surface area contributed by atoms with Crippen molar-refractivity contribution in [3.63, 3.8) is 0 Å². The van der Waals surface area contributed by atoms with Crippen LogP contribution in [0.15, 0.2) is 22.7 Å². The van der Waals surface area contributed by atoms with Gasteiger partial charge in [-0.3, -0.25) is 0 Å². The van der Waals surface area contributed by atoms with Crippen LogP contribution in [0.25, 0.3) is 0 Å². The highest BCUT2D eigenvalue weighted by atomic mass is 79.9. The Morgan fingerprint density at radius 1 is 1.42 bits per heavy atom. The summed E-state index contributed by atoms with van der Waals surface area (Å²) in [5.74, 6) is 0.925. The van der Waals surface area contributed by atoms with E-state index in [9.17, 15) is 8.42 Å². The minimum Gasteiger partial charge on any atom is -0.497 e. The SMILES string of the molecule is CCNC(CCS(C)(=O)=O)c1cc(OC)ccc1Br. The third-order valence-corrected chi connectivity index (χ3v) is 4.51. The van der Waals surface area contributed by atoms with Crippen LogP contribution in [0.1, 0.15) is 24.9 Å². The molecule has 4 nitrogen and oxygen atoms in total. The molecule has 0 bridgehead atoms. The van der Waals surface area contributed by atoms with E-state index in [1.165, 1.54) is 6.26 Å². The summed E-state index contributed by atoms with van der Waals surface area (Å²) >= 11 is 3.51. The van der Waals surface area contributed by atoms with E-state index >= 15 is 0 Å². The van der Waals surface area contributed by atoms with Gasteiger partial charge in [0, 0.05) is 16.8 Å². The first-order valence-electron chi connectivity index (χ1n) is 6.12. The Hall–Kier alpha value is -0.590. The first kappa shape index (κ1) is 16.5. The molecule has 0 aliphatic rings. The predicted molar refractivity (Wildman–Crippen MR) is 81.4 cm³/mol. The average Bonchev–Trinajstić information content (AvgIpc) is 2.34. The van der Waals surface area contributed by atoms with Crippen molar-refractivity contribution in [2.75, 3.05) is 25.7 Å². The molecule has 1 unspecified atom stereocenters. The predicted octanol–water partition coefficient (Wildman–Crippen LogP) is 2.54. The largest absolute Gasteiger partial charge is 0.497 e. The second-order valence-corrected chi connectivity index (χ2v) is 7.53. The highest BCUT2D eigenvalue weighted by Gasteiger charge is 2.16.